The molecule has 57 heavy (non-hydrogen) atoms. The molecule has 10 aromatic rings. The molecular weight excluding hydrogens is 709 g/mol. The fourth-order valence-corrected chi connectivity index (χ4v) is 9.93. The molecule has 0 N–H and O–H groups in total. The van der Waals surface area contributed by atoms with E-state index in [-0.39, 0.29) is 5.41 Å². The molecule has 2 aromatic heterocycles. The fraction of sp³-hybridized carbons (Fsp3) is 0.0370. The third kappa shape index (κ3) is 5.62. The first-order valence-corrected chi connectivity index (χ1v) is 20.3. The van der Waals surface area contributed by atoms with E-state index in [9.17, 15) is 0 Å². The Morgan fingerprint density at radius 1 is 0.368 bits per heavy atom. The molecule has 0 saturated heterocycles. The van der Waals surface area contributed by atoms with Gasteiger partial charge in [-0.1, -0.05) is 158 Å². The van der Waals surface area contributed by atoms with E-state index in [2.05, 4.69) is 201 Å². The second kappa shape index (κ2) is 13.4. The summed E-state index contributed by atoms with van der Waals surface area (Å²) >= 11 is 1.85. The van der Waals surface area contributed by atoms with Gasteiger partial charge in [0.1, 0.15) is 0 Å². The summed E-state index contributed by atoms with van der Waals surface area (Å²) < 4.78 is 2.61. The summed E-state index contributed by atoms with van der Waals surface area (Å²) in [6.45, 7) is 2.36. The molecule has 1 aliphatic rings. The van der Waals surface area contributed by atoms with Crippen molar-refractivity contribution < 1.29 is 0 Å². The predicted molar refractivity (Wildman–Crippen MR) is 240 cm³/mol. The molecule has 0 radical (unpaired) electrons. The summed E-state index contributed by atoms with van der Waals surface area (Å²) in [7, 11) is 0. The minimum absolute atomic E-state index is 0.260. The first-order chi connectivity index (χ1) is 28.1. The zero-order chi connectivity index (χ0) is 37.9. The molecule has 0 amide bonds. The van der Waals surface area contributed by atoms with Crippen LogP contribution in [0.15, 0.2) is 200 Å². The number of aromatic nitrogens is 2. The van der Waals surface area contributed by atoms with Crippen LogP contribution in [0.2, 0.25) is 0 Å². The third-order valence-electron chi connectivity index (χ3n) is 11.8. The maximum Gasteiger partial charge on any atom is 0.160 e. The van der Waals surface area contributed by atoms with E-state index in [0.717, 1.165) is 39.2 Å². The van der Waals surface area contributed by atoms with Gasteiger partial charge in [-0.25, -0.2) is 9.97 Å². The number of nitrogens with zero attached hydrogens (tertiary/aromatic N) is 2. The summed E-state index contributed by atoms with van der Waals surface area (Å²) in [5.41, 5.74) is 15.8. The largest absolute Gasteiger partial charge is 0.228 e. The van der Waals surface area contributed by atoms with E-state index in [4.69, 9.17) is 9.97 Å². The zero-order valence-corrected chi connectivity index (χ0v) is 32.2. The van der Waals surface area contributed by atoms with Crippen LogP contribution in [-0.4, -0.2) is 9.97 Å². The van der Waals surface area contributed by atoms with Crippen molar-refractivity contribution in [1.82, 2.24) is 9.97 Å². The second-order valence-corrected chi connectivity index (χ2v) is 16.2. The van der Waals surface area contributed by atoms with Crippen molar-refractivity contribution in [3.05, 3.63) is 217 Å². The molecule has 2 nitrogen and oxygen atoms in total. The molecular formula is C54H36N2S. The van der Waals surface area contributed by atoms with Gasteiger partial charge in [0.2, 0.25) is 0 Å². The van der Waals surface area contributed by atoms with Crippen LogP contribution < -0.4 is 0 Å². The Balaban J connectivity index is 1.06. The van der Waals surface area contributed by atoms with Crippen LogP contribution in [0, 0.1) is 0 Å². The molecule has 1 aliphatic carbocycles. The smallest absolute Gasteiger partial charge is 0.160 e. The lowest BCUT2D eigenvalue weighted by Gasteiger charge is -2.28. The van der Waals surface area contributed by atoms with Crippen LogP contribution in [0.5, 0.6) is 0 Å². The van der Waals surface area contributed by atoms with Crippen molar-refractivity contribution >= 4 is 31.5 Å². The minimum Gasteiger partial charge on any atom is -0.228 e. The molecule has 0 unspecified atom stereocenters. The van der Waals surface area contributed by atoms with Crippen molar-refractivity contribution in [2.45, 2.75) is 12.3 Å². The molecule has 3 heteroatoms. The first kappa shape index (κ1) is 33.4. The Morgan fingerprint density at radius 2 is 0.895 bits per heavy atom. The third-order valence-corrected chi connectivity index (χ3v) is 12.9. The maximum atomic E-state index is 5.28. The molecule has 0 saturated carbocycles. The predicted octanol–water partition coefficient (Wildman–Crippen LogP) is 14.5. The standard InChI is InChI=1S/C54H36N2S/c1-54(47-21-11-8-18-43(47)44-19-9-12-22-48(44)54)42-27-24-36(25-28-42)49-34-50(56-53(55-49)37-16-6-3-7-17-37)41-31-39(35-14-4-2-5-15-35)30-40(32-41)38-26-29-52-46(33-38)45-20-10-13-23-51(45)57-52/h2-34H,1H3. The second-order valence-electron chi connectivity index (χ2n) is 15.1. The lowest BCUT2D eigenvalue weighted by molar-refractivity contribution is 0.714. The summed E-state index contributed by atoms with van der Waals surface area (Å²) in [6, 6.07) is 72.3. The zero-order valence-electron chi connectivity index (χ0n) is 31.4. The van der Waals surface area contributed by atoms with Gasteiger partial charge in [-0.15, -0.1) is 11.3 Å². The molecule has 11 rings (SSSR count). The van der Waals surface area contributed by atoms with Gasteiger partial charge in [0.05, 0.1) is 11.4 Å². The number of thiophene rings is 1. The van der Waals surface area contributed by atoms with Crippen LogP contribution >= 0.6 is 11.3 Å². The van der Waals surface area contributed by atoms with Crippen LogP contribution in [0.1, 0.15) is 23.6 Å². The van der Waals surface area contributed by atoms with Crippen molar-refractivity contribution in [2.75, 3.05) is 0 Å². The normalized spacial score (nSPS) is 12.8. The summed E-state index contributed by atoms with van der Waals surface area (Å²) in [5, 5.41) is 2.59. The number of hydrogen-bond acceptors (Lipinski definition) is 3. The first-order valence-electron chi connectivity index (χ1n) is 19.5. The van der Waals surface area contributed by atoms with Gasteiger partial charge in [-0.3, -0.25) is 0 Å². The average Bonchev–Trinajstić information content (AvgIpc) is 3.79. The van der Waals surface area contributed by atoms with Gasteiger partial charge in [0.15, 0.2) is 5.82 Å². The van der Waals surface area contributed by atoms with Gasteiger partial charge in [-0.05, 0) is 99.5 Å². The molecule has 0 fully saturated rings. The van der Waals surface area contributed by atoms with E-state index in [1.807, 2.05) is 17.4 Å². The summed E-state index contributed by atoms with van der Waals surface area (Å²) in [6.07, 6.45) is 0. The monoisotopic (exact) mass is 744 g/mol. The van der Waals surface area contributed by atoms with E-state index in [0.29, 0.717) is 5.82 Å². The molecule has 0 aliphatic heterocycles. The average molecular weight is 745 g/mol. The Hall–Kier alpha value is -6.94. The van der Waals surface area contributed by atoms with Gasteiger partial charge in [0.25, 0.3) is 0 Å². The molecule has 0 atom stereocenters. The Labute approximate surface area is 336 Å². The van der Waals surface area contributed by atoms with Crippen molar-refractivity contribution in [3.63, 3.8) is 0 Å². The highest BCUT2D eigenvalue weighted by molar-refractivity contribution is 7.25. The SMILES string of the molecule is CC1(c2ccc(-c3cc(-c4cc(-c5ccccc5)cc(-c5ccc6sc7ccccc7c6c5)c4)nc(-c4ccccc4)n3)cc2)c2ccccc2-c2ccccc21. The van der Waals surface area contributed by atoms with Crippen LogP contribution in [0.25, 0.3) is 87.5 Å². The minimum atomic E-state index is -0.260. The lowest BCUT2D eigenvalue weighted by atomic mass is 9.74. The van der Waals surface area contributed by atoms with Crippen LogP contribution in [0.4, 0.5) is 0 Å². The number of rotatable bonds is 6. The van der Waals surface area contributed by atoms with Crippen molar-refractivity contribution in [2.24, 2.45) is 0 Å². The highest BCUT2D eigenvalue weighted by Gasteiger charge is 2.40. The van der Waals surface area contributed by atoms with Gasteiger partial charge < -0.3 is 0 Å². The quantitative estimate of drug-likeness (QED) is 0.169. The maximum absolute atomic E-state index is 5.28. The number of benzene rings is 8. The lowest BCUT2D eigenvalue weighted by Crippen LogP contribution is -2.22. The van der Waals surface area contributed by atoms with E-state index >= 15 is 0 Å². The number of fused-ring (bicyclic) bond motifs is 6. The molecule has 2 heterocycles. The van der Waals surface area contributed by atoms with E-state index in [1.165, 1.54) is 59.1 Å². The van der Waals surface area contributed by atoms with Crippen LogP contribution in [-0.2, 0) is 5.41 Å². The summed E-state index contributed by atoms with van der Waals surface area (Å²) in [4.78, 5) is 10.5. The van der Waals surface area contributed by atoms with Crippen molar-refractivity contribution in [1.29, 1.82) is 0 Å². The molecule has 0 bridgehead atoms. The molecule has 8 aromatic carbocycles. The molecule has 268 valence electrons. The Bertz CT molecular complexity index is 3080. The summed E-state index contributed by atoms with van der Waals surface area (Å²) in [5.74, 6) is 0.704. The Kier molecular flexibility index (Phi) is 7.84. The highest BCUT2D eigenvalue weighted by Crippen LogP contribution is 2.52. The van der Waals surface area contributed by atoms with E-state index in [1.54, 1.807) is 0 Å². The highest BCUT2D eigenvalue weighted by atomic mass is 32.1. The number of hydrogen-bond donors (Lipinski definition) is 0. The van der Waals surface area contributed by atoms with Crippen molar-refractivity contribution in [3.8, 4) is 67.3 Å². The Morgan fingerprint density at radius 3 is 1.60 bits per heavy atom. The van der Waals surface area contributed by atoms with Gasteiger partial charge in [-0.2, -0.15) is 0 Å². The van der Waals surface area contributed by atoms with E-state index < -0.39 is 0 Å². The van der Waals surface area contributed by atoms with Crippen LogP contribution in [0.3, 0.4) is 0 Å². The van der Waals surface area contributed by atoms with Gasteiger partial charge >= 0.3 is 0 Å². The fourth-order valence-electron chi connectivity index (χ4n) is 8.84. The topological polar surface area (TPSA) is 25.8 Å². The molecule has 0 spiro atoms. The van der Waals surface area contributed by atoms with Gasteiger partial charge in [0, 0.05) is 42.3 Å².